The topological polar surface area (TPSA) is 95.9 Å². The maximum Gasteiger partial charge on any atom is 0.407 e. The van der Waals surface area contributed by atoms with Crippen LogP contribution in [0.4, 0.5) is 4.79 Å². The van der Waals surface area contributed by atoms with E-state index in [0.717, 1.165) is 24.0 Å². The number of rotatable bonds is 7. The number of nitrogens with zero attached hydrogens (tertiary/aromatic N) is 1. The van der Waals surface area contributed by atoms with Crippen LogP contribution in [0.15, 0.2) is 48.5 Å². The van der Waals surface area contributed by atoms with Gasteiger partial charge < -0.3 is 20.1 Å². The van der Waals surface area contributed by atoms with Gasteiger partial charge in [-0.15, -0.1) is 0 Å². The van der Waals surface area contributed by atoms with Gasteiger partial charge in [0.2, 0.25) is 5.91 Å². The van der Waals surface area contributed by atoms with Gasteiger partial charge >= 0.3 is 12.1 Å². The first kappa shape index (κ1) is 23.8. The maximum atomic E-state index is 12.9. The number of carboxylic acids is 1. The largest absolute Gasteiger partial charge is 0.480 e. The van der Waals surface area contributed by atoms with E-state index in [2.05, 4.69) is 29.6 Å². The molecule has 1 fully saturated rings. The van der Waals surface area contributed by atoms with Gasteiger partial charge in [-0.1, -0.05) is 62.4 Å². The van der Waals surface area contributed by atoms with Crippen molar-refractivity contribution in [2.45, 2.75) is 45.1 Å². The first-order valence-electron chi connectivity index (χ1n) is 12.0. The normalized spacial score (nSPS) is 20.2. The molecule has 7 nitrogen and oxygen atoms in total. The Hall–Kier alpha value is -3.35. The van der Waals surface area contributed by atoms with Crippen LogP contribution in [0.2, 0.25) is 0 Å². The van der Waals surface area contributed by atoms with Crippen LogP contribution in [0.1, 0.15) is 50.2 Å². The predicted molar refractivity (Wildman–Crippen MR) is 128 cm³/mol. The fraction of sp³-hybridized carbons (Fsp3) is 0.444. The summed E-state index contributed by atoms with van der Waals surface area (Å²) in [5.74, 6) is -1.59. The first-order valence-corrected chi connectivity index (χ1v) is 12.0. The fourth-order valence-electron chi connectivity index (χ4n) is 5.26. The van der Waals surface area contributed by atoms with Gasteiger partial charge in [0.1, 0.15) is 12.6 Å². The Bertz CT molecular complexity index is 1020. The molecule has 1 heterocycles. The molecule has 34 heavy (non-hydrogen) atoms. The zero-order valence-corrected chi connectivity index (χ0v) is 19.7. The number of alkyl carbamates (subject to hydrolysis) is 1. The summed E-state index contributed by atoms with van der Waals surface area (Å²) in [7, 11) is 0. The van der Waals surface area contributed by atoms with E-state index in [1.807, 2.05) is 31.2 Å². The number of carbonyl (C=O) groups excluding carboxylic acids is 2. The molecule has 0 radical (unpaired) electrons. The number of fused-ring (bicyclic) bond motifs is 3. The molecule has 180 valence electrons. The van der Waals surface area contributed by atoms with Crippen molar-refractivity contribution in [3.05, 3.63) is 59.7 Å². The van der Waals surface area contributed by atoms with Crippen molar-refractivity contribution in [2.24, 2.45) is 11.8 Å². The molecular formula is C27H32N2O5. The van der Waals surface area contributed by atoms with E-state index in [1.165, 1.54) is 16.0 Å². The van der Waals surface area contributed by atoms with Crippen LogP contribution in [0.5, 0.6) is 0 Å². The molecule has 1 aliphatic heterocycles. The molecule has 1 saturated heterocycles. The quantitative estimate of drug-likeness (QED) is 0.638. The third kappa shape index (κ3) is 4.79. The highest BCUT2D eigenvalue weighted by Crippen LogP contribution is 2.44. The Morgan fingerprint density at radius 3 is 2.32 bits per heavy atom. The number of carboxylic acid groups (broad SMARTS) is 1. The number of hydrogen-bond donors (Lipinski definition) is 2. The van der Waals surface area contributed by atoms with Crippen molar-refractivity contribution in [1.29, 1.82) is 0 Å². The molecule has 0 aromatic heterocycles. The lowest BCUT2D eigenvalue weighted by molar-refractivity contribution is -0.156. The van der Waals surface area contributed by atoms with Crippen molar-refractivity contribution in [1.82, 2.24) is 10.2 Å². The maximum absolute atomic E-state index is 12.9. The van der Waals surface area contributed by atoms with Gasteiger partial charge in [-0.2, -0.15) is 0 Å². The number of nitrogens with one attached hydrogen (secondary N) is 1. The summed E-state index contributed by atoms with van der Waals surface area (Å²) in [4.78, 5) is 38.4. The lowest BCUT2D eigenvalue weighted by Crippen LogP contribution is -2.53. The summed E-state index contributed by atoms with van der Waals surface area (Å²) in [5.41, 5.74) is 4.65. The van der Waals surface area contributed by atoms with Crippen LogP contribution in [-0.2, 0) is 14.3 Å². The van der Waals surface area contributed by atoms with E-state index in [0.29, 0.717) is 13.0 Å². The first-order chi connectivity index (χ1) is 16.4. The number of piperidine rings is 1. The second-order valence-electron chi connectivity index (χ2n) is 9.38. The third-order valence-corrected chi connectivity index (χ3v) is 7.08. The molecular weight excluding hydrogens is 432 g/mol. The van der Waals surface area contributed by atoms with E-state index in [-0.39, 0.29) is 36.8 Å². The number of aliphatic carboxylic acids is 1. The highest BCUT2D eigenvalue weighted by Gasteiger charge is 2.38. The molecule has 2 aliphatic rings. The summed E-state index contributed by atoms with van der Waals surface area (Å²) < 4.78 is 5.54. The monoisotopic (exact) mass is 464 g/mol. The Morgan fingerprint density at radius 2 is 1.71 bits per heavy atom. The van der Waals surface area contributed by atoms with E-state index in [9.17, 15) is 19.5 Å². The Kier molecular flexibility index (Phi) is 7.20. The van der Waals surface area contributed by atoms with E-state index in [1.54, 1.807) is 6.92 Å². The van der Waals surface area contributed by atoms with Gasteiger partial charge in [-0.05, 0) is 47.4 Å². The lowest BCUT2D eigenvalue weighted by atomic mass is 9.89. The Labute approximate surface area is 200 Å². The third-order valence-electron chi connectivity index (χ3n) is 7.08. The summed E-state index contributed by atoms with van der Waals surface area (Å²) in [5, 5.41) is 12.3. The molecule has 2 amide bonds. The minimum Gasteiger partial charge on any atom is -0.480 e. The van der Waals surface area contributed by atoms with Crippen LogP contribution < -0.4 is 5.32 Å². The van der Waals surface area contributed by atoms with Crippen LogP contribution in [0.3, 0.4) is 0 Å². The lowest BCUT2D eigenvalue weighted by Gasteiger charge is -2.38. The zero-order valence-electron chi connectivity index (χ0n) is 19.7. The van der Waals surface area contributed by atoms with Crippen molar-refractivity contribution in [3.63, 3.8) is 0 Å². The van der Waals surface area contributed by atoms with E-state index < -0.39 is 18.1 Å². The minimum absolute atomic E-state index is 0.00676. The number of hydrogen-bond acceptors (Lipinski definition) is 4. The molecule has 0 bridgehead atoms. The van der Waals surface area contributed by atoms with Gasteiger partial charge in [-0.3, -0.25) is 4.79 Å². The average Bonchev–Trinajstić information content (AvgIpc) is 3.15. The second kappa shape index (κ2) is 10.3. The van der Waals surface area contributed by atoms with Gasteiger partial charge in [0, 0.05) is 24.9 Å². The minimum atomic E-state index is -0.954. The van der Waals surface area contributed by atoms with Crippen molar-refractivity contribution >= 4 is 18.0 Å². The standard InChI is InChI=1S/C27H32N2O5/c1-17-8-7-15-29(24(17)26(31)32)25(30)18(2)13-14-28-27(33)34-16-23-21-11-5-3-9-19(21)20-10-4-6-12-22(20)23/h3-6,9-12,17-18,23-24H,7-8,13-16H2,1-2H3,(H,28,33)(H,31,32). The molecule has 2 N–H and O–H groups in total. The molecule has 1 aliphatic carbocycles. The van der Waals surface area contributed by atoms with E-state index >= 15 is 0 Å². The smallest absolute Gasteiger partial charge is 0.407 e. The van der Waals surface area contributed by atoms with E-state index in [4.69, 9.17) is 4.74 Å². The molecule has 0 saturated carbocycles. The summed E-state index contributed by atoms with van der Waals surface area (Å²) >= 11 is 0. The molecule has 0 spiro atoms. The SMILES string of the molecule is CC(CCNC(=O)OCC1c2ccccc2-c2ccccc21)C(=O)N1CCCC(C)C1C(=O)O. The van der Waals surface area contributed by atoms with Crippen molar-refractivity contribution < 1.29 is 24.2 Å². The predicted octanol–water partition coefficient (Wildman–Crippen LogP) is 4.26. The van der Waals surface area contributed by atoms with Crippen molar-refractivity contribution in [3.8, 4) is 11.1 Å². The molecule has 2 aromatic carbocycles. The molecule has 3 atom stereocenters. The molecule has 7 heteroatoms. The van der Waals surface area contributed by atoms with Gasteiger partial charge in [0.25, 0.3) is 0 Å². The Balaban J connectivity index is 1.27. The summed E-state index contributed by atoms with van der Waals surface area (Å²) in [6, 6.07) is 15.5. The summed E-state index contributed by atoms with van der Waals surface area (Å²) in [6.45, 7) is 4.64. The zero-order chi connectivity index (χ0) is 24.2. The van der Waals surface area contributed by atoms with Crippen LogP contribution in [0.25, 0.3) is 11.1 Å². The number of benzene rings is 2. The average molecular weight is 465 g/mol. The highest BCUT2D eigenvalue weighted by molar-refractivity contribution is 5.85. The van der Waals surface area contributed by atoms with Crippen LogP contribution in [-0.4, -0.2) is 53.7 Å². The van der Waals surface area contributed by atoms with Crippen LogP contribution >= 0.6 is 0 Å². The molecule has 2 aromatic rings. The van der Waals surface area contributed by atoms with Gasteiger partial charge in [0.15, 0.2) is 0 Å². The molecule has 3 unspecified atom stereocenters. The number of amides is 2. The second-order valence-corrected chi connectivity index (χ2v) is 9.38. The highest BCUT2D eigenvalue weighted by atomic mass is 16.5. The Morgan fingerprint density at radius 1 is 1.09 bits per heavy atom. The van der Waals surface area contributed by atoms with Crippen molar-refractivity contribution in [2.75, 3.05) is 19.7 Å². The summed E-state index contributed by atoms with van der Waals surface area (Å²) in [6.07, 6.45) is 1.51. The van der Waals surface area contributed by atoms with Gasteiger partial charge in [0.05, 0.1) is 0 Å². The number of carbonyl (C=O) groups is 3. The number of ether oxygens (including phenoxy) is 1. The number of likely N-dealkylation sites (tertiary alicyclic amines) is 1. The molecule has 4 rings (SSSR count). The van der Waals surface area contributed by atoms with Crippen LogP contribution in [0, 0.1) is 11.8 Å². The fourth-order valence-corrected chi connectivity index (χ4v) is 5.26. The van der Waals surface area contributed by atoms with Gasteiger partial charge in [-0.25, -0.2) is 9.59 Å².